The number of nitrogens with zero attached hydrogens (tertiary/aromatic N) is 9. The maximum atomic E-state index is 15.6. The molecule has 6 rings (SSSR count). The smallest absolute Gasteiger partial charge is 0.377 e. The molecule has 0 aromatic heterocycles. The highest BCUT2D eigenvalue weighted by Gasteiger charge is 2.59. The Kier molecular flexibility index (Phi) is 31.6. The third-order valence-electron chi connectivity index (χ3n) is 23.2. The number of hydrogen-bond donors (Lipinski definition) is 3. The number of amides is 12. The fourth-order valence-electron chi connectivity index (χ4n) is 17.0. The van der Waals surface area contributed by atoms with E-state index in [9.17, 15) is 41.9 Å². The summed E-state index contributed by atoms with van der Waals surface area (Å²) in [4.78, 5) is 193. The number of ether oxygens (including phenoxy) is 1. The average molecular weight is 1510 g/mol. The SMILES string of the molecule is CCC[C@H]1C(=O)N[C@@H](C(CC)CC)C(=O)N(C)CC(=O)N(C)[C@H]2C/C=C\CCN(C2=O)[C@@H](CC2CCC(C)CC2)C(=O)N(C)CC(=O)N[C@@H](CCC2CCC(C(F)(F)F)C(Cl)C2)C(=O)N2C[C@H](OCC)C[C@H]2C(=O)NC2(CC(C)(C)C2)C(=O)N(C)[C@@H](CC(C)C)C(=O)N(C)[C@H](C(=O)N(C)C)CC(=O)N1C. The summed E-state index contributed by atoms with van der Waals surface area (Å²) in [5.41, 5.74) is -2.20. The zero-order valence-electron chi connectivity index (χ0n) is 65.6. The van der Waals surface area contributed by atoms with E-state index in [1.165, 1.54) is 95.6 Å². The van der Waals surface area contributed by atoms with E-state index in [4.69, 9.17) is 16.3 Å². The van der Waals surface area contributed by atoms with E-state index in [0.29, 0.717) is 31.6 Å². The monoisotopic (exact) mass is 1500 g/mol. The van der Waals surface area contributed by atoms with Crippen LogP contribution in [-0.4, -0.2) is 276 Å². The molecule has 25 nitrogen and oxygen atoms in total. The number of likely N-dealkylation sites (N-methyl/N-ethyl adjacent to an activating group) is 7. The highest BCUT2D eigenvalue weighted by molar-refractivity contribution is 6.21. The molecule has 2 saturated heterocycles. The molecule has 29 heteroatoms. The number of nitrogens with one attached hydrogen (secondary N) is 3. The maximum Gasteiger partial charge on any atom is 0.393 e. The number of carbonyl (C=O) groups is 12. The average Bonchev–Trinajstić information content (AvgIpc) is 1.37. The van der Waals surface area contributed by atoms with Crippen molar-refractivity contribution in [3.8, 4) is 0 Å². The molecular formula is C76H124ClF3N12O13. The standard InChI is InChI=1S/C76H124ClF3N12O13/c1-18-25-55-65(96)82-64(50(19-2)20-3)72(103)86(13)43-63(95)88(15)56-26-23-22-24-35-91(71(56)102)60(38-49-29-27-47(7)28-30-49)69(100)85(12)42-61(93)81-54(34-32-48-31-33-52(53(77)37-48)76(78,79)80)67(98)92-41-51(105-21-4)39-57(92)66(97)83-75(44-74(8,9)45-75)73(104)90(17)58(36-46(5)6)70(101)89(16)59(68(99)84(10)11)40-62(94)87(55)14/h22-23,46-60,64H,18-21,24-45H2,1-17H3,(H,81,93)(H,82,96)(H,83,97)/b23-22-/t47?,48?,49?,51-,52?,53?,54+,55+,56+,57+,58+,59+,60+,64+/m1/s1. The first-order valence-electron chi connectivity index (χ1n) is 38.4. The number of fused-ring (bicyclic) bond motifs is 3. The molecule has 5 fully saturated rings. The largest absolute Gasteiger partial charge is 0.393 e. The number of carbonyl (C=O) groups excluding carboxylic acids is 12. The lowest BCUT2D eigenvalue weighted by Crippen LogP contribution is -2.71. The van der Waals surface area contributed by atoms with Crippen molar-refractivity contribution in [1.82, 2.24) is 60.0 Å². The van der Waals surface area contributed by atoms with Crippen molar-refractivity contribution in [1.29, 1.82) is 0 Å². The molecule has 6 aliphatic rings. The zero-order valence-corrected chi connectivity index (χ0v) is 66.4. The van der Waals surface area contributed by atoms with Crippen LogP contribution in [0.5, 0.6) is 0 Å². The minimum atomic E-state index is -4.53. The summed E-state index contributed by atoms with van der Waals surface area (Å²) in [6.07, 6.45) is 3.13. The summed E-state index contributed by atoms with van der Waals surface area (Å²) < 4.78 is 48.5. The van der Waals surface area contributed by atoms with Gasteiger partial charge in [-0.25, -0.2) is 0 Å². The Hall–Kier alpha value is -6.58. The van der Waals surface area contributed by atoms with Crippen LogP contribution in [0.1, 0.15) is 197 Å². The van der Waals surface area contributed by atoms with Crippen molar-refractivity contribution in [2.24, 2.45) is 40.9 Å². The summed E-state index contributed by atoms with van der Waals surface area (Å²) in [7, 11) is 11.4. The predicted molar refractivity (Wildman–Crippen MR) is 392 cm³/mol. The highest BCUT2D eigenvalue weighted by Crippen LogP contribution is 2.50. The first-order chi connectivity index (χ1) is 49.2. The van der Waals surface area contributed by atoms with Gasteiger partial charge in [0.2, 0.25) is 70.9 Å². The Labute approximate surface area is 626 Å². The van der Waals surface area contributed by atoms with Crippen LogP contribution in [0, 0.1) is 40.9 Å². The van der Waals surface area contributed by atoms with Crippen LogP contribution in [0.25, 0.3) is 0 Å². The normalized spacial score (nSPS) is 31.0. The van der Waals surface area contributed by atoms with Gasteiger partial charge in [-0.05, 0) is 119 Å². The van der Waals surface area contributed by atoms with E-state index in [0.717, 1.165) is 30.6 Å². The van der Waals surface area contributed by atoms with E-state index in [1.54, 1.807) is 13.0 Å². The first kappa shape index (κ1) is 87.3. The molecule has 12 amide bonds. The van der Waals surface area contributed by atoms with Gasteiger partial charge in [-0.2, -0.15) is 13.2 Å². The fraction of sp³-hybridized carbons (Fsp3) is 0.816. The lowest BCUT2D eigenvalue weighted by atomic mass is 9.58. The number of hydrogen-bond acceptors (Lipinski definition) is 13. The van der Waals surface area contributed by atoms with Gasteiger partial charge in [-0.15, -0.1) is 11.6 Å². The molecule has 0 aromatic rings. The summed E-state index contributed by atoms with van der Waals surface area (Å²) in [5.74, 6) is -10.4. The molecule has 2 bridgehead atoms. The van der Waals surface area contributed by atoms with E-state index >= 15 is 28.8 Å². The van der Waals surface area contributed by atoms with Crippen molar-refractivity contribution in [3.63, 3.8) is 0 Å². The second kappa shape index (κ2) is 38.0. The molecule has 594 valence electrons. The van der Waals surface area contributed by atoms with Gasteiger partial charge in [0.1, 0.15) is 53.9 Å². The van der Waals surface area contributed by atoms with E-state index in [2.05, 4.69) is 22.9 Å². The highest BCUT2D eigenvalue weighted by atomic mass is 35.5. The second-order valence-electron chi connectivity index (χ2n) is 32.6. The molecule has 3 aliphatic carbocycles. The van der Waals surface area contributed by atoms with Gasteiger partial charge < -0.3 is 64.8 Å². The van der Waals surface area contributed by atoms with Crippen molar-refractivity contribution in [2.75, 3.05) is 89.2 Å². The molecule has 0 radical (unpaired) electrons. The fourth-order valence-corrected chi connectivity index (χ4v) is 17.5. The van der Waals surface area contributed by atoms with E-state index in [1.807, 2.05) is 54.5 Å². The Morgan fingerprint density at radius 1 is 0.676 bits per heavy atom. The minimum Gasteiger partial charge on any atom is -0.377 e. The molecule has 3 unspecified atom stereocenters. The van der Waals surface area contributed by atoms with Crippen LogP contribution in [0.2, 0.25) is 0 Å². The molecule has 105 heavy (non-hydrogen) atoms. The number of halogens is 4. The zero-order chi connectivity index (χ0) is 78.5. The molecule has 3 N–H and O–H groups in total. The van der Waals surface area contributed by atoms with Crippen molar-refractivity contribution >= 4 is 82.5 Å². The lowest BCUT2D eigenvalue weighted by Gasteiger charge is -2.54. The summed E-state index contributed by atoms with van der Waals surface area (Å²) >= 11 is 6.46. The molecule has 12 atom stereocenters. The second-order valence-corrected chi connectivity index (χ2v) is 33.2. The van der Waals surface area contributed by atoms with Crippen molar-refractivity contribution in [2.45, 2.75) is 269 Å². The Morgan fingerprint density at radius 2 is 1.30 bits per heavy atom. The Balaban J connectivity index is 1.48. The van der Waals surface area contributed by atoms with E-state index < -0.39 is 185 Å². The van der Waals surface area contributed by atoms with Gasteiger partial charge in [-0.3, -0.25) is 57.5 Å². The minimum absolute atomic E-state index is 0.00757. The topological polar surface area (TPSA) is 279 Å². The summed E-state index contributed by atoms with van der Waals surface area (Å²) in [6, 6.07) is -10.2. The molecular weight excluding hydrogens is 1380 g/mol. The quantitative estimate of drug-likeness (QED) is 0.113. The van der Waals surface area contributed by atoms with Crippen LogP contribution in [0.15, 0.2) is 12.2 Å². The molecule has 1 spiro atoms. The van der Waals surface area contributed by atoms with Crippen LogP contribution in [-0.2, 0) is 62.3 Å². The third kappa shape index (κ3) is 22.1. The molecule has 3 saturated carbocycles. The van der Waals surface area contributed by atoms with Crippen LogP contribution >= 0.6 is 11.6 Å². The first-order valence-corrected chi connectivity index (χ1v) is 38.9. The Morgan fingerprint density at radius 3 is 1.88 bits per heavy atom. The van der Waals surface area contributed by atoms with Crippen molar-refractivity contribution < 1.29 is 75.4 Å². The molecule has 3 heterocycles. The van der Waals surface area contributed by atoms with Crippen LogP contribution < -0.4 is 16.0 Å². The van der Waals surface area contributed by atoms with E-state index in [-0.39, 0.29) is 109 Å². The van der Waals surface area contributed by atoms with Gasteiger partial charge in [-0.1, -0.05) is 112 Å². The predicted octanol–water partition coefficient (Wildman–Crippen LogP) is 6.77. The van der Waals surface area contributed by atoms with Crippen molar-refractivity contribution in [3.05, 3.63) is 12.2 Å². The molecule has 0 aromatic carbocycles. The van der Waals surface area contributed by atoms with Gasteiger partial charge in [0.05, 0.1) is 31.5 Å². The van der Waals surface area contributed by atoms with Gasteiger partial charge in [0, 0.05) is 87.9 Å². The van der Waals surface area contributed by atoms with Gasteiger partial charge in [0.15, 0.2) is 0 Å². The summed E-state index contributed by atoms with van der Waals surface area (Å²) in [5, 5.41) is 7.60. The maximum absolute atomic E-state index is 15.6. The van der Waals surface area contributed by atoms with Gasteiger partial charge >= 0.3 is 6.18 Å². The third-order valence-corrected chi connectivity index (χ3v) is 23.7. The molecule has 3 aliphatic heterocycles. The van der Waals surface area contributed by atoms with Gasteiger partial charge in [0.25, 0.3) is 0 Å². The summed E-state index contributed by atoms with van der Waals surface area (Å²) in [6.45, 7) is 15.9. The lowest BCUT2D eigenvalue weighted by molar-refractivity contribution is -0.182. The number of rotatable bonds is 15. The Bertz CT molecular complexity index is 3100. The number of alkyl halides is 4. The van der Waals surface area contributed by atoms with Crippen LogP contribution in [0.4, 0.5) is 13.2 Å². The van der Waals surface area contributed by atoms with Crippen LogP contribution in [0.3, 0.4) is 0 Å².